The summed E-state index contributed by atoms with van der Waals surface area (Å²) in [7, 11) is 0. The maximum absolute atomic E-state index is 12.2. The van der Waals surface area contributed by atoms with E-state index in [0.29, 0.717) is 5.69 Å². The van der Waals surface area contributed by atoms with Crippen molar-refractivity contribution >= 4 is 11.6 Å². The van der Waals surface area contributed by atoms with Gasteiger partial charge in [-0.25, -0.2) is 4.39 Å². The molecule has 0 unspecified atom stereocenters. The van der Waals surface area contributed by atoms with E-state index in [4.69, 9.17) is 11.6 Å². The maximum Gasteiger partial charge on any atom is 0.284 e. The molecule has 0 bridgehead atoms. The van der Waals surface area contributed by atoms with Crippen molar-refractivity contribution in [1.29, 1.82) is 0 Å². The third-order valence-electron chi connectivity index (χ3n) is 1.07. The highest BCUT2D eigenvalue weighted by Crippen LogP contribution is 1.96. The van der Waals surface area contributed by atoms with Crippen LogP contribution in [0.4, 0.5) is 4.39 Å². The van der Waals surface area contributed by atoms with Crippen molar-refractivity contribution in [1.82, 2.24) is 4.98 Å². The lowest BCUT2D eigenvalue weighted by Crippen LogP contribution is -2.11. The zero-order valence-corrected chi connectivity index (χ0v) is 5.78. The Kier molecular flexibility index (Phi) is 2.06. The highest BCUT2D eigenvalue weighted by Gasteiger charge is 1.96. The molecular formula is C6H5ClFNO. The summed E-state index contributed by atoms with van der Waals surface area (Å²) in [6.07, 6.45) is 0. The summed E-state index contributed by atoms with van der Waals surface area (Å²) in [5.41, 5.74) is -0.203. The average Bonchev–Trinajstić information content (AvgIpc) is 1.95. The number of hydrogen-bond acceptors (Lipinski definition) is 1. The lowest BCUT2D eigenvalue weighted by atomic mass is 10.4. The summed E-state index contributed by atoms with van der Waals surface area (Å²) in [4.78, 5) is 12.8. The van der Waals surface area contributed by atoms with Crippen molar-refractivity contribution in [3.63, 3.8) is 0 Å². The maximum atomic E-state index is 12.2. The van der Waals surface area contributed by atoms with Crippen LogP contribution in [-0.4, -0.2) is 4.98 Å². The van der Waals surface area contributed by atoms with Gasteiger partial charge in [-0.2, -0.15) is 0 Å². The van der Waals surface area contributed by atoms with Gasteiger partial charge in [-0.15, -0.1) is 11.6 Å². The van der Waals surface area contributed by atoms with Crippen LogP contribution in [-0.2, 0) is 5.88 Å². The Labute approximate surface area is 61.6 Å². The molecule has 1 heterocycles. The smallest absolute Gasteiger partial charge is 0.284 e. The van der Waals surface area contributed by atoms with Crippen LogP contribution in [0.25, 0.3) is 0 Å². The van der Waals surface area contributed by atoms with Crippen LogP contribution >= 0.6 is 11.6 Å². The summed E-state index contributed by atoms with van der Waals surface area (Å²) in [5.74, 6) is -0.593. The molecule has 54 valence electrons. The SMILES string of the molecule is O=c1[nH]c(CCl)ccc1F. The summed E-state index contributed by atoms with van der Waals surface area (Å²) >= 11 is 5.36. The molecule has 10 heavy (non-hydrogen) atoms. The van der Waals surface area contributed by atoms with Crippen LogP contribution in [0.2, 0.25) is 0 Å². The number of nitrogens with one attached hydrogen (secondary N) is 1. The molecular weight excluding hydrogens is 157 g/mol. The van der Waals surface area contributed by atoms with Crippen LogP contribution in [0.3, 0.4) is 0 Å². The number of aromatic nitrogens is 1. The van der Waals surface area contributed by atoms with E-state index in [2.05, 4.69) is 4.98 Å². The third kappa shape index (κ3) is 1.36. The summed E-state index contributed by atoms with van der Waals surface area (Å²) in [6, 6.07) is 2.53. The first-order valence-electron chi connectivity index (χ1n) is 2.67. The zero-order valence-electron chi connectivity index (χ0n) is 5.03. The molecule has 0 aliphatic rings. The van der Waals surface area contributed by atoms with Gasteiger partial charge in [0.1, 0.15) is 0 Å². The van der Waals surface area contributed by atoms with Gasteiger partial charge in [0.25, 0.3) is 5.56 Å². The second-order valence-electron chi connectivity index (χ2n) is 1.79. The van der Waals surface area contributed by atoms with E-state index in [0.717, 1.165) is 6.07 Å². The Balaban J connectivity index is 3.17. The Bertz CT molecular complexity index is 283. The lowest BCUT2D eigenvalue weighted by molar-refractivity contribution is 0.607. The van der Waals surface area contributed by atoms with E-state index in [-0.39, 0.29) is 5.88 Å². The van der Waals surface area contributed by atoms with E-state index in [1.807, 2.05) is 0 Å². The van der Waals surface area contributed by atoms with Crippen LogP contribution in [0.5, 0.6) is 0 Å². The quantitative estimate of drug-likeness (QED) is 0.618. The van der Waals surface area contributed by atoms with E-state index < -0.39 is 11.4 Å². The molecule has 1 rings (SSSR count). The van der Waals surface area contributed by atoms with Crippen molar-refractivity contribution in [2.75, 3.05) is 0 Å². The molecule has 0 saturated heterocycles. The minimum Gasteiger partial charge on any atom is -0.322 e. The Morgan fingerprint density at radius 2 is 2.30 bits per heavy atom. The first-order valence-corrected chi connectivity index (χ1v) is 3.21. The third-order valence-corrected chi connectivity index (χ3v) is 1.35. The molecule has 4 heteroatoms. The molecule has 0 aromatic carbocycles. The van der Waals surface area contributed by atoms with Crippen LogP contribution in [0.15, 0.2) is 16.9 Å². The fourth-order valence-corrected chi connectivity index (χ4v) is 0.730. The molecule has 1 aromatic heterocycles. The van der Waals surface area contributed by atoms with Crippen molar-refractivity contribution in [2.24, 2.45) is 0 Å². The van der Waals surface area contributed by atoms with Crippen LogP contribution in [0.1, 0.15) is 5.69 Å². The van der Waals surface area contributed by atoms with Gasteiger partial charge in [0, 0.05) is 5.69 Å². The van der Waals surface area contributed by atoms with E-state index in [1.165, 1.54) is 6.07 Å². The Morgan fingerprint density at radius 1 is 1.60 bits per heavy atom. The normalized spacial score (nSPS) is 9.80. The number of halogens is 2. The van der Waals surface area contributed by atoms with Gasteiger partial charge in [-0.3, -0.25) is 4.79 Å². The summed E-state index contributed by atoms with van der Waals surface area (Å²) in [5, 5.41) is 0. The second-order valence-corrected chi connectivity index (χ2v) is 2.06. The predicted molar refractivity (Wildman–Crippen MR) is 36.6 cm³/mol. The van der Waals surface area contributed by atoms with Crippen molar-refractivity contribution in [3.8, 4) is 0 Å². The predicted octanol–water partition coefficient (Wildman–Crippen LogP) is 1.25. The number of alkyl halides is 1. The van der Waals surface area contributed by atoms with Crippen molar-refractivity contribution < 1.29 is 4.39 Å². The molecule has 2 nitrogen and oxygen atoms in total. The van der Waals surface area contributed by atoms with Gasteiger partial charge >= 0.3 is 0 Å². The van der Waals surface area contributed by atoms with Gasteiger partial charge in [0.15, 0.2) is 5.82 Å². The van der Waals surface area contributed by atoms with Crippen molar-refractivity contribution in [2.45, 2.75) is 5.88 Å². The largest absolute Gasteiger partial charge is 0.322 e. The summed E-state index contributed by atoms with van der Waals surface area (Å²) < 4.78 is 12.2. The molecule has 0 saturated carbocycles. The molecule has 1 N–H and O–H groups in total. The van der Waals surface area contributed by atoms with Gasteiger partial charge in [-0.05, 0) is 12.1 Å². The molecule has 0 radical (unpaired) electrons. The highest BCUT2D eigenvalue weighted by molar-refractivity contribution is 6.16. The van der Waals surface area contributed by atoms with Gasteiger partial charge in [-0.1, -0.05) is 0 Å². The number of hydrogen-bond donors (Lipinski definition) is 1. The molecule has 0 fully saturated rings. The standard InChI is InChI=1S/C6H5ClFNO/c7-3-4-1-2-5(8)6(10)9-4/h1-2H,3H2,(H,9,10). The van der Waals surface area contributed by atoms with Crippen molar-refractivity contribution in [3.05, 3.63) is 34.0 Å². The first kappa shape index (κ1) is 7.28. The minimum absolute atomic E-state index is 0.190. The van der Waals surface area contributed by atoms with E-state index in [1.54, 1.807) is 0 Å². The molecule has 0 amide bonds. The molecule has 0 aliphatic heterocycles. The number of H-pyrrole nitrogens is 1. The van der Waals surface area contributed by atoms with Gasteiger partial charge in [0.2, 0.25) is 0 Å². The lowest BCUT2D eigenvalue weighted by Gasteiger charge is -1.92. The molecule has 0 aliphatic carbocycles. The first-order chi connectivity index (χ1) is 4.74. The topological polar surface area (TPSA) is 32.9 Å². The average molecular weight is 162 g/mol. The van der Waals surface area contributed by atoms with Gasteiger partial charge in [0.05, 0.1) is 5.88 Å². The Morgan fingerprint density at radius 3 is 2.80 bits per heavy atom. The van der Waals surface area contributed by atoms with Crippen LogP contribution < -0.4 is 5.56 Å². The van der Waals surface area contributed by atoms with E-state index >= 15 is 0 Å². The minimum atomic E-state index is -0.783. The number of rotatable bonds is 1. The number of aromatic amines is 1. The zero-order chi connectivity index (χ0) is 7.56. The number of pyridine rings is 1. The Hall–Kier alpha value is -0.830. The molecule has 0 spiro atoms. The second kappa shape index (κ2) is 2.84. The van der Waals surface area contributed by atoms with Crippen LogP contribution in [0, 0.1) is 5.82 Å². The fourth-order valence-electron chi connectivity index (χ4n) is 0.575. The fraction of sp³-hybridized carbons (Fsp3) is 0.167. The van der Waals surface area contributed by atoms with Gasteiger partial charge < -0.3 is 4.98 Å². The van der Waals surface area contributed by atoms with E-state index in [9.17, 15) is 9.18 Å². The molecule has 1 aromatic rings. The highest BCUT2D eigenvalue weighted by atomic mass is 35.5. The monoisotopic (exact) mass is 161 g/mol. The molecule has 0 atom stereocenters. The summed E-state index contributed by atoms with van der Waals surface area (Å²) in [6.45, 7) is 0.